The Balaban J connectivity index is 2.02. The number of carbonyl (C=O) groups is 3. The Hall–Kier alpha value is -2.55. The monoisotopic (exact) mass is 354 g/mol. The minimum atomic E-state index is -0.959. The van der Waals surface area contributed by atoms with Gasteiger partial charge in [0.1, 0.15) is 0 Å². The maximum Gasteiger partial charge on any atom is 0.239 e. The molecule has 1 fully saturated rings. The Morgan fingerprint density at radius 1 is 1.28 bits per heavy atom. The number of likely N-dealkylation sites (N-methyl/N-ethyl adjacent to an activating group) is 1. The van der Waals surface area contributed by atoms with E-state index in [1.807, 2.05) is 0 Å². The first-order chi connectivity index (χ1) is 11.9. The molecule has 1 aromatic carbocycles. The topological polar surface area (TPSA) is 90.5 Å². The van der Waals surface area contributed by atoms with Crippen LogP contribution in [-0.4, -0.2) is 55.3 Å². The molecule has 1 saturated heterocycles. The summed E-state index contributed by atoms with van der Waals surface area (Å²) in [5, 5.41) is 7.49. The van der Waals surface area contributed by atoms with Crippen LogP contribution in [0.5, 0.6) is 0 Å². The molecule has 3 N–H and O–H groups in total. The molecule has 9 heteroatoms. The van der Waals surface area contributed by atoms with Gasteiger partial charge in [0.2, 0.25) is 17.7 Å². The molecule has 1 heterocycles. The van der Waals surface area contributed by atoms with E-state index in [0.29, 0.717) is 18.7 Å². The number of nitrogens with zero attached hydrogens (tertiary/aromatic N) is 1. The zero-order valence-corrected chi connectivity index (χ0v) is 13.8. The van der Waals surface area contributed by atoms with E-state index in [1.54, 1.807) is 4.90 Å². The minimum absolute atomic E-state index is 0.132. The second-order valence-electron chi connectivity index (χ2n) is 5.68. The van der Waals surface area contributed by atoms with Gasteiger partial charge in [-0.15, -0.1) is 0 Å². The summed E-state index contributed by atoms with van der Waals surface area (Å²) < 4.78 is 26.4. The van der Waals surface area contributed by atoms with Gasteiger partial charge < -0.3 is 16.0 Å². The Kier molecular flexibility index (Phi) is 6.40. The fourth-order valence-corrected chi connectivity index (χ4v) is 2.56. The third kappa shape index (κ3) is 5.21. The lowest BCUT2D eigenvalue weighted by Crippen LogP contribution is -2.56. The number of amides is 3. The number of nitrogens with one attached hydrogen (secondary N) is 3. The van der Waals surface area contributed by atoms with Crippen molar-refractivity contribution in [2.24, 2.45) is 0 Å². The van der Waals surface area contributed by atoms with Crippen molar-refractivity contribution in [2.45, 2.75) is 19.0 Å². The molecule has 0 aliphatic carbocycles. The molecule has 0 saturated carbocycles. The summed E-state index contributed by atoms with van der Waals surface area (Å²) >= 11 is 0. The molecular weight excluding hydrogens is 334 g/mol. The van der Waals surface area contributed by atoms with Crippen LogP contribution < -0.4 is 16.0 Å². The van der Waals surface area contributed by atoms with Gasteiger partial charge in [-0.2, -0.15) is 0 Å². The number of halogens is 2. The van der Waals surface area contributed by atoms with E-state index >= 15 is 0 Å². The molecule has 0 unspecified atom stereocenters. The average molecular weight is 354 g/mol. The van der Waals surface area contributed by atoms with Crippen LogP contribution in [0.3, 0.4) is 0 Å². The molecule has 25 heavy (non-hydrogen) atoms. The normalized spacial score (nSPS) is 17.7. The number of benzene rings is 1. The van der Waals surface area contributed by atoms with E-state index in [1.165, 1.54) is 13.1 Å². The van der Waals surface area contributed by atoms with Crippen molar-refractivity contribution in [2.75, 3.05) is 26.7 Å². The van der Waals surface area contributed by atoms with E-state index < -0.39 is 23.6 Å². The summed E-state index contributed by atoms with van der Waals surface area (Å²) in [7, 11) is 1.45. The van der Waals surface area contributed by atoms with Crippen LogP contribution in [0.15, 0.2) is 18.2 Å². The molecule has 0 radical (unpaired) electrons. The molecule has 1 atom stereocenters. The largest absolute Gasteiger partial charge is 0.358 e. The number of hydrogen-bond acceptors (Lipinski definition) is 4. The lowest BCUT2D eigenvalue weighted by molar-refractivity contribution is -0.134. The van der Waals surface area contributed by atoms with E-state index in [2.05, 4.69) is 16.0 Å². The Morgan fingerprint density at radius 3 is 2.72 bits per heavy atom. The third-order valence-electron chi connectivity index (χ3n) is 3.92. The van der Waals surface area contributed by atoms with Gasteiger partial charge in [-0.1, -0.05) is 6.07 Å². The van der Waals surface area contributed by atoms with E-state index in [-0.39, 0.29) is 31.3 Å². The summed E-state index contributed by atoms with van der Waals surface area (Å²) in [6.07, 6.45) is -0.132. The van der Waals surface area contributed by atoms with E-state index in [0.717, 1.165) is 12.1 Å². The number of hydrogen-bond donors (Lipinski definition) is 3. The van der Waals surface area contributed by atoms with E-state index in [4.69, 9.17) is 0 Å². The average Bonchev–Trinajstić information content (AvgIpc) is 2.59. The molecule has 1 aliphatic heterocycles. The van der Waals surface area contributed by atoms with E-state index in [9.17, 15) is 23.2 Å². The minimum Gasteiger partial charge on any atom is -0.358 e. The fraction of sp³-hybridized carbons (Fsp3) is 0.438. The first kappa shape index (κ1) is 18.8. The number of piperazine rings is 1. The molecule has 136 valence electrons. The smallest absolute Gasteiger partial charge is 0.239 e. The molecule has 7 nitrogen and oxygen atoms in total. The highest BCUT2D eigenvalue weighted by Gasteiger charge is 2.31. The molecule has 0 spiro atoms. The second-order valence-corrected chi connectivity index (χ2v) is 5.68. The van der Waals surface area contributed by atoms with Crippen LogP contribution in [0.2, 0.25) is 0 Å². The van der Waals surface area contributed by atoms with Gasteiger partial charge in [-0.25, -0.2) is 8.78 Å². The van der Waals surface area contributed by atoms with Gasteiger partial charge in [0.25, 0.3) is 0 Å². The highest BCUT2D eigenvalue weighted by Crippen LogP contribution is 2.16. The summed E-state index contributed by atoms with van der Waals surface area (Å²) in [5.74, 6) is -3.01. The Bertz CT molecular complexity index is 669. The summed E-state index contributed by atoms with van der Waals surface area (Å²) in [6, 6.07) is 2.80. The van der Waals surface area contributed by atoms with Crippen molar-refractivity contribution >= 4 is 17.7 Å². The van der Waals surface area contributed by atoms with Crippen LogP contribution in [0, 0.1) is 11.6 Å². The van der Waals surface area contributed by atoms with Crippen molar-refractivity contribution in [3.05, 3.63) is 35.4 Å². The van der Waals surface area contributed by atoms with Crippen LogP contribution in [0.4, 0.5) is 8.78 Å². The number of carbonyl (C=O) groups excluding carboxylic acids is 3. The van der Waals surface area contributed by atoms with Gasteiger partial charge in [-0.3, -0.25) is 19.3 Å². The zero-order valence-electron chi connectivity index (χ0n) is 13.8. The Labute approximate surface area is 143 Å². The Morgan fingerprint density at radius 2 is 2.04 bits per heavy atom. The zero-order chi connectivity index (χ0) is 18.4. The van der Waals surface area contributed by atoms with Gasteiger partial charge in [0.05, 0.1) is 19.0 Å². The third-order valence-corrected chi connectivity index (χ3v) is 3.92. The van der Waals surface area contributed by atoms with Crippen molar-refractivity contribution in [1.82, 2.24) is 20.9 Å². The molecule has 1 aliphatic rings. The van der Waals surface area contributed by atoms with Gasteiger partial charge in [0.15, 0.2) is 11.6 Å². The summed E-state index contributed by atoms with van der Waals surface area (Å²) in [6.45, 7) is 0.905. The summed E-state index contributed by atoms with van der Waals surface area (Å²) in [4.78, 5) is 36.9. The van der Waals surface area contributed by atoms with Gasteiger partial charge in [-0.05, 0) is 17.7 Å². The highest BCUT2D eigenvalue weighted by atomic mass is 19.2. The van der Waals surface area contributed by atoms with Crippen LogP contribution in [0.1, 0.15) is 12.0 Å². The quantitative estimate of drug-likeness (QED) is 0.644. The first-order valence-electron chi connectivity index (χ1n) is 7.83. The van der Waals surface area contributed by atoms with Crippen molar-refractivity contribution in [1.29, 1.82) is 0 Å². The standard InChI is InChI=1S/C16H20F2N4O3/c1-19-15(24)8-21-14(23)7-13-16(25)20-4-5-22(13)9-10-2-3-11(17)12(18)6-10/h2-3,6,13H,4-5,7-9H2,1H3,(H,19,24)(H,20,25)(H,21,23)/t13-/m1/s1. The first-order valence-corrected chi connectivity index (χ1v) is 7.83. The van der Waals surface area contributed by atoms with Crippen molar-refractivity contribution < 1.29 is 23.2 Å². The van der Waals surface area contributed by atoms with Gasteiger partial charge >= 0.3 is 0 Å². The molecule has 0 aromatic heterocycles. The molecular formula is C16H20F2N4O3. The maximum atomic E-state index is 13.4. The maximum absolute atomic E-state index is 13.4. The van der Waals surface area contributed by atoms with Crippen molar-refractivity contribution in [3.8, 4) is 0 Å². The fourth-order valence-electron chi connectivity index (χ4n) is 2.56. The summed E-state index contributed by atoms with van der Waals surface area (Å²) in [5.41, 5.74) is 0.504. The van der Waals surface area contributed by atoms with Gasteiger partial charge in [0, 0.05) is 26.7 Å². The molecule has 0 bridgehead atoms. The number of rotatable bonds is 6. The van der Waals surface area contributed by atoms with Crippen LogP contribution in [0.25, 0.3) is 0 Å². The van der Waals surface area contributed by atoms with Crippen LogP contribution in [-0.2, 0) is 20.9 Å². The predicted octanol–water partition coefficient (Wildman–Crippen LogP) is -0.482. The molecule has 2 rings (SSSR count). The van der Waals surface area contributed by atoms with Crippen LogP contribution >= 0.6 is 0 Å². The highest BCUT2D eigenvalue weighted by molar-refractivity contribution is 5.90. The lowest BCUT2D eigenvalue weighted by atomic mass is 10.1. The lowest BCUT2D eigenvalue weighted by Gasteiger charge is -2.34. The second kappa shape index (κ2) is 8.52. The molecule has 3 amide bonds. The van der Waals surface area contributed by atoms with Crippen molar-refractivity contribution in [3.63, 3.8) is 0 Å². The molecule has 1 aromatic rings. The SMILES string of the molecule is CNC(=O)CNC(=O)C[C@@H]1C(=O)NCCN1Cc1ccc(F)c(F)c1. The predicted molar refractivity (Wildman–Crippen MR) is 85.3 cm³/mol.